The van der Waals surface area contributed by atoms with Gasteiger partial charge >= 0.3 is 0 Å². The van der Waals surface area contributed by atoms with Crippen LogP contribution in [-0.2, 0) is 0 Å². The van der Waals surface area contributed by atoms with Crippen LogP contribution in [0, 0.1) is 5.82 Å². The van der Waals surface area contributed by atoms with Gasteiger partial charge in [0.25, 0.3) is 0 Å². The predicted molar refractivity (Wildman–Crippen MR) is 59.2 cm³/mol. The topological polar surface area (TPSA) is 90.7 Å². The van der Waals surface area contributed by atoms with Gasteiger partial charge in [-0.05, 0) is 36.0 Å². The van der Waals surface area contributed by atoms with E-state index in [0.717, 1.165) is 4.90 Å². The molecule has 0 aliphatic heterocycles. The smallest absolute Gasteiger partial charge is 0.225 e. The first-order valence-corrected chi connectivity index (χ1v) is 5.15. The molecular formula is C9H8FN5S. The molecule has 82 valence electrons. The maximum atomic E-state index is 12.7. The van der Waals surface area contributed by atoms with Gasteiger partial charge in [-0.25, -0.2) is 4.39 Å². The van der Waals surface area contributed by atoms with Crippen LogP contribution in [0.5, 0.6) is 0 Å². The Kier molecular flexibility index (Phi) is 2.86. The third-order valence-corrected chi connectivity index (χ3v) is 2.55. The van der Waals surface area contributed by atoms with Crippen molar-refractivity contribution in [3.63, 3.8) is 0 Å². The molecule has 0 radical (unpaired) electrons. The number of nitrogen functional groups attached to an aromatic ring is 2. The summed E-state index contributed by atoms with van der Waals surface area (Å²) in [6, 6.07) is 5.96. The number of hydrogen-bond acceptors (Lipinski definition) is 6. The highest BCUT2D eigenvalue weighted by Crippen LogP contribution is 2.25. The summed E-state index contributed by atoms with van der Waals surface area (Å²) in [5, 5.41) is 0.386. The fourth-order valence-electron chi connectivity index (χ4n) is 1.04. The fraction of sp³-hybridized carbons (Fsp3) is 0. The van der Waals surface area contributed by atoms with Gasteiger partial charge in [0.15, 0.2) is 5.16 Å². The predicted octanol–water partition coefficient (Wildman–Crippen LogP) is 1.33. The molecular weight excluding hydrogens is 229 g/mol. The number of halogens is 1. The molecule has 1 aromatic heterocycles. The van der Waals surface area contributed by atoms with E-state index >= 15 is 0 Å². The lowest BCUT2D eigenvalue weighted by molar-refractivity contribution is 0.626. The van der Waals surface area contributed by atoms with E-state index in [1.807, 2.05) is 0 Å². The standard InChI is InChI=1S/C9H8FN5S/c10-5-1-3-6(4-2-5)16-9-14-7(11)13-8(12)15-9/h1-4H,(H4,11,12,13,14,15). The Morgan fingerprint density at radius 3 is 2.06 bits per heavy atom. The minimum atomic E-state index is -0.293. The van der Waals surface area contributed by atoms with Crippen LogP contribution < -0.4 is 11.5 Å². The highest BCUT2D eigenvalue weighted by molar-refractivity contribution is 7.99. The lowest BCUT2D eigenvalue weighted by Crippen LogP contribution is -2.03. The van der Waals surface area contributed by atoms with Gasteiger partial charge in [-0.15, -0.1) is 0 Å². The summed E-state index contributed by atoms with van der Waals surface area (Å²) in [4.78, 5) is 12.2. The van der Waals surface area contributed by atoms with E-state index in [1.54, 1.807) is 12.1 Å². The van der Waals surface area contributed by atoms with E-state index in [2.05, 4.69) is 15.0 Å². The van der Waals surface area contributed by atoms with Crippen molar-refractivity contribution in [2.45, 2.75) is 10.1 Å². The summed E-state index contributed by atoms with van der Waals surface area (Å²) in [5.74, 6) is -0.159. The summed E-state index contributed by atoms with van der Waals surface area (Å²) < 4.78 is 12.7. The molecule has 1 heterocycles. The average molecular weight is 237 g/mol. The minimum Gasteiger partial charge on any atom is -0.368 e. The van der Waals surface area contributed by atoms with E-state index in [1.165, 1.54) is 23.9 Å². The van der Waals surface area contributed by atoms with E-state index in [9.17, 15) is 4.39 Å². The van der Waals surface area contributed by atoms with Crippen LogP contribution in [0.25, 0.3) is 0 Å². The molecule has 5 nitrogen and oxygen atoms in total. The van der Waals surface area contributed by atoms with Gasteiger partial charge in [0, 0.05) is 4.90 Å². The highest BCUT2D eigenvalue weighted by atomic mass is 32.2. The average Bonchev–Trinajstić information content (AvgIpc) is 2.20. The Bertz CT molecular complexity index is 482. The van der Waals surface area contributed by atoms with Crippen LogP contribution in [0.3, 0.4) is 0 Å². The number of rotatable bonds is 2. The second-order valence-corrected chi connectivity index (χ2v) is 3.93. The first kappa shape index (κ1) is 10.6. The van der Waals surface area contributed by atoms with E-state index in [4.69, 9.17) is 11.5 Å². The molecule has 0 aliphatic carbocycles. The van der Waals surface area contributed by atoms with Crippen molar-refractivity contribution in [2.75, 3.05) is 11.5 Å². The number of nitrogens with zero attached hydrogens (tertiary/aromatic N) is 3. The zero-order valence-electron chi connectivity index (χ0n) is 8.09. The molecule has 7 heteroatoms. The van der Waals surface area contributed by atoms with Gasteiger partial charge in [-0.3, -0.25) is 0 Å². The monoisotopic (exact) mass is 237 g/mol. The van der Waals surface area contributed by atoms with Gasteiger partial charge in [0.1, 0.15) is 5.82 Å². The van der Waals surface area contributed by atoms with Crippen molar-refractivity contribution in [1.82, 2.24) is 15.0 Å². The number of nitrogens with two attached hydrogens (primary N) is 2. The Labute approximate surface area is 95.1 Å². The van der Waals surface area contributed by atoms with E-state index < -0.39 is 0 Å². The summed E-state index contributed by atoms with van der Waals surface area (Å²) in [5.41, 5.74) is 10.8. The van der Waals surface area contributed by atoms with Crippen LogP contribution in [0.4, 0.5) is 16.3 Å². The zero-order chi connectivity index (χ0) is 11.5. The molecule has 1 aromatic carbocycles. The molecule has 2 aromatic rings. The molecule has 0 atom stereocenters. The van der Waals surface area contributed by atoms with Crippen molar-refractivity contribution in [3.05, 3.63) is 30.1 Å². The SMILES string of the molecule is Nc1nc(N)nc(Sc2ccc(F)cc2)n1. The summed E-state index contributed by atoms with van der Waals surface area (Å²) in [6.45, 7) is 0. The van der Waals surface area contributed by atoms with Crippen LogP contribution in [0.15, 0.2) is 34.3 Å². The molecule has 0 saturated carbocycles. The Morgan fingerprint density at radius 1 is 0.938 bits per heavy atom. The van der Waals surface area contributed by atoms with Crippen molar-refractivity contribution < 1.29 is 4.39 Å². The van der Waals surface area contributed by atoms with Gasteiger partial charge in [-0.1, -0.05) is 0 Å². The quantitative estimate of drug-likeness (QED) is 0.818. The lowest BCUT2D eigenvalue weighted by Gasteiger charge is -2.01. The van der Waals surface area contributed by atoms with E-state index in [-0.39, 0.29) is 17.7 Å². The highest BCUT2D eigenvalue weighted by Gasteiger charge is 2.04. The Morgan fingerprint density at radius 2 is 1.50 bits per heavy atom. The fourth-order valence-corrected chi connectivity index (χ4v) is 1.80. The normalized spacial score (nSPS) is 10.3. The molecule has 16 heavy (non-hydrogen) atoms. The zero-order valence-corrected chi connectivity index (χ0v) is 8.91. The molecule has 0 fully saturated rings. The number of hydrogen-bond donors (Lipinski definition) is 2. The molecule has 0 spiro atoms. The minimum absolute atomic E-state index is 0.0668. The molecule has 0 aliphatic rings. The van der Waals surface area contributed by atoms with Gasteiger partial charge in [-0.2, -0.15) is 15.0 Å². The summed E-state index contributed by atoms with van der Waals surface area (Å²) in [6.07, 6.45) is 0. The Hall–Kier alpha value is -1.89. The van der Waals surface area contributed by atoms with Crippen LogP contribution in [0.2, 0.25) is 0 Å². The molecule has 2 rings (SSSR count). The molecule has 0 unspecified atom stereocenters. The molecule has 0 bridgehead atoms. The van der Waals surface area contributed by atoms with Crippen LogP contribution in [-0.4, -0.2) is 15.0 Å². The third kappa shape index (κ3) is 2.57. The third-order valence-electron chi connectivity index (χ3n) is 1.67. The maximum absolute atomic E-state index is 12.7. The number of aromatic nitrogens is 3. The van der Waals surface area contributed by atoms with Crippen molar-refractivity contribution in [1.29, 1.82) is 0 Å². The molecule has 4 N–H and O–H groups in total. The first-order chi connectivity index (χ1) is 7.63. The van der Waals surface area contributed by atoms with Gasteiger partial charge in [0.2, 0.25) is 11.9 Å². The van der Waals surface area contributed by atoms with Crippen molar-refractivity contribution >= 4 is 23.7 Å². The maximum Gasteiger partial charge on any atom is 0.225 e. The summed E-state index contributed by atoms with van der Waals surface area (Å²) in [7, 11) is 0. The second kappa shape index (κ2) is 4.31. The van der Waals surface area contributed by atoms with E-state index in [0.29, 0.717) is 5.16 Å². The van der Waals surface area contributed by atoms with Crippen LogP contribution >= 0.6 is 11.8 Å². The number of anilines is 2. The van der Waals surface area contributed by atoms with Gasteiger partial charge in [0.05, 0.1) is 0 Å². The van der Waals surface area contributed by atoms with Crippen molar-refractivity contribution in [2.24, 2.45) is 0 Å². The lowest BCUT2D eigenvalue weighted by atomic mass is 10.4. The van der Waals surface area contributed by atoms with Gasteiger partial charge < -0.3 is 11.5 Å². The molecule has 0 amide bonds. The number of benzene rings is 1. The first-order valence-electron chi connectivity index (χ1n) is 4.34. The summed E-state index contributed by atoms with van der Waals surface area (Å²) >= 11 is 1.24. The Balaban J connectivity index is 2.23. The second-order valence-electron chi connectivity index (χ2n) is 2.89. The van der Waals surface area contributed by atoms with Crippen molar-refractivity contribution in [3.8, 4) is 0 Å². The van der Waals surface area contributed by atoms with Crippen LogP contribution in [0.1, 0.15) is 0 Å². The molecule has 0 saturated heterocycles. The largest absolute Gasteiger partial charge is 0.368 e.